The highest BCUT2D eigenvalue weighted by molar-refractivity contribution is 7.20. The van der Waals surface area contributed by atoms with E-state index in [2.05, 4.69) is 22.0 Å². The smallest absolute Gasteiger partial charge is 0.226 e. The highest BCUT2D eigenvalue weighted by Gasteiger charge is 2.31. The number of para-hydroxylation sites is 1. The third kappa shape index (κ3) is 3.19. The van der Waals surface area contributed by atoms with Crippen LogP contribution >= 0.6 is 11.3 Å². The van der Waals surface area contributed by atoms with Gasteiger partial charge in [0.15, 0.2) is 0 Å². The van der Waals surface area contributed by atoms with Gasteiger partial charge < -0.3 is 10.1 Å². The lowest BCUT2D eigenvalue weighted by Crippen LogP contribution is -2.24. The molecule has 0 radical (unpaired) electrons. The molecular weight excluding hydrogens is 384 g/mol. The number of benzene rings is 2. The van der Waals surface area contributed by atoms with Crippen molar-refractivity contribution < 1.29 is 9.53 Å². The molecule has 1 aliphatic heterocycles. The van der Waals surface area contributed by atoms with E-state index in [1.807, 2.05) is 54.7 Å². The summed E-state index contributed by atoms with van der Waals surface area (Å²) in [4.78, 5) is 17.2. The van der Waals surface area contributed by atoms with Gasteiger partial charge in [0.25, 0.3) is 0 Å². The van der Waals surface area contributed by atoms with Crippen LogP contribution in [0.15, 0.2) is 67.4 Å². The van der Waals surface area contributed by atoms with Crippen LogP contribution in [0.1, 0.15) is 23.5 Å². The minimum Gasteiger partial charge on any atom is -0.490 e. The molecule has 0 bridgehead atoms. The molecule has 2 aromatic heterocycles. The van der Waals surface area contributed by atoms with E-state index in [0.717, 1.165) is 32.2 Å². The zero-order chi connectivity index (χ0) is 19.8. The highest BCUT2D eigenvalue weighted by atomic mass is 32.1. The van der Waals surface area contributed by atoms with Crippen molar-refractivity contribution in [2.45, 2.75) is 12.3 Å². The fourth-order valence-electron chi connectivity index (χ4n) is 3.59. The van der Waals surface area contributed by atoms with Crippen LogP contribution in [0.2, 0.25) is 0 Å². The number of thiazole rings is 1. The molecule has 0 spiro atoms. The summed E-state index contributed by atoms with van der Waals surface area (Å²) in [5, 5.41) is 8.27. The Labute approximate surface area is 171 Å². The largest absolute Gasteiger partial charge is 0.490 e. The molecule has 0 aliphatic carbocycles. The number of anilines is 1. The highest BCUT2D eigenvalue weighted by Crippen LogP contribution is 2.39. The van der Waals surface area contributed by atoms with Gasteiger partial charge in [0.05, 0.1) is 16.4 Å². The second-order valence-electron chi connectivity index (χ2n) is 6.80. The molecule has 144 valence electrons. The number of hydrogen-bond acceptors (Lipinski definition) is 5. The lowest BCUT2D eigenvalue weighted by Gasteiger charge is -2.23. The summed E-state index contributed by atoms with van der Waals surface area (Å²) in [6.07, 6.45) is 3.90. The van der Waals surface area contributed by atoms with Gasteiger partial charge in [-0.2, -0.15) is 9.78 Å². The Bertz CT molecular complexity index is 1190. The first-order valence-corrected chi connectivity index (χ1v) is 10.1. The normalized spacial score (nSPS) is 15.7. The van der Waals surface area contributed by atoms with E-state index in [4.69, 9.17) is 4.74 Å². The van der Waals surface area contributed by atoms with E-state index in [-0.39, 0.29) is 11.8 Å². The maximum atomic E-state index is 12.5. The first-order valence-electron chi connectivity index (χ1n) is 9.30. The maximum absolute atomic E-state index is 12.5. The molecule has 3 heterocycles. The van der Waals surface area contributed by atoms with Gasteiger partial charge in [-0.05, 0) is 29.8 Å². The number of rotatable bonds is 5. The van der Waals surface area contributed by atoms with Gasteiger partial charge >= 0.3 is 0 Å². The van der Waals surface area contributed by atoms with Crippen molar-refractivity contribution in [2.24, 2.45) is 0 Å². The number of nitrogens with zero attached hydrogens (tertiary/aromatic N) is 3. The maximum Gasteiger partial charge on any atom is 0.226 e. The number of hydrogen-bond donors (Lipinski definition) is 1. The van der Waals surface area contributed by atoms with Crippen LogP contribution < -0.4 is 10.1 Å². The lowest BCUT2D eigenvalue weighted by atomic mass is 9.87. The molecular formula is C22H18N4O2S. The van der Waals surface area contributed by atoms with E-state index < -0.39 is 0 Å². The molecule has 7 heteroatoms. The monoisotopic (exact) mass is 402 g/mol. The Morgan fingerprint density at radius 3 is 3.03 bits per heavy atom. The van der Waals surface area contributed by atoms with E-state index in [1.165, 1.54) is 0 Å². The number of fused-ring (bicyclic) bond motifs is 2. The quantitative estimate of drug-likeness (QED) is 0.498. The predicted octanol–water partition coefficient (Wildman–Crippen LogP) is 4.52. The Kier molecular flexibility index (Phi) is 4.37. The van der Waals surface area contributed by atoms with Gasteiger partial charge in [-0.15, -0.1) is 0 Å². The molecule has 0 saturated carbocycles. The fourth-order valence-corrected chi connectivity index (χ4v) is 4.52. The summed E-state index contributed by atoms with van der Waals surface area (Å²) in [6.45, 7) is 4.12. The zero-order valence-corrected chi connectivity index (χ0v) is 16.4. The SMILES string of the molecule is C=CCOc1cccc(C2CC(=O)Nc3c2cnn3-c2nc3ccccc3s2)c1. The molecule has 0 saturated heterocycles. The van der Waals surface area contributed by atoms with Gasteiger partial charge in [0, 0.05) is 17.9 Å². The Morgan fingerprint density at radius 1 is 1.28 bits per heavy atom. The molecule has 6 nitrogen and oxygen atoms in total. The second kappa shape index (κ2) is 7.18. The number of carbonyl (C=O) groups excluding carboxylic acids is 1. The van der Waals surface area contributed by atoms with Crippen molar-refractivity contribution in [2.75, 3.05) is 11.9 Å². The minimum atomic E-state index is -0.0887. The Hall–Kier alpha value is -3.45. The second-order valence-corrected chi connectivity index (χ2v) is 7.81. The number of carbonyl (C=O) groups is 1. The molecule has 5 rings (SSSR count). The summed E-state index contributed by atoms with van der Waals surface area (Å²) in [5.74, 6) is 1.31. The molecule has 4 aromatic rings. The number of ether oxygens (including phenoxy) is 1. The summed E-state index contributed by atoms with van der Waals surface area (Å²) in [5.41, 5.74) is 2.92. The van der Waals surface area contributed by atoms with Crippen molar-refractivity contribution >= 4 is 33.3 Å². The molecule has 1 atom stereocenters. The summed E-state index contributed by atoms with van der Waals surface area (Å²) in [6, 6.07) is 15.8. The average Bonchev–Trinajstić information content (AvgIpc) is 3.35. The average molecular weight is 402 g/mol. The van der Waals surface area contributed by atoms with Crippen LogP contribution in [0.25, 0.3) is 15.3 Å². The van der Waals surface area contributed by atoms with Gasteiger partial charge in [-0.1, -0.05) is 48.3 Å². The first kappa shape index (κ1) is 17.6. The lowest BCUT2D eigenvalue weighted by molar-refractivity contribution is -0.116. The van der Waals surface area contributed by atoms with Crippen molar-refractivity contribution in [1.29, 1.82) is 0 Å². The Morgan fingerprint density at radius 2 is 2.17 bits per heavy atom. The van der Waals surface area contributed by atoms with Crippen LogP contribution in [-0.2, 0) is 4.79 Å². The molecule has 1 amide bonds. The van der Waals surface area contributed by atoms with Crippen molar-refractivity contribution in [3.05, 3.63) is 78.5 Å². The topological polar surface area (TPSA) is 69.0 Å². The van der Waals surface area contributed by atoms with Crippen molar-refractivity contribution in [3.63, 3.8) is 0 Å². The van der Waals surface area contributed by atoms with Crippen molar-refractivity contribution in [3.8, 4) is 10.9 Å². The van der Waals surface area contributed by atoms with Gasteiger partial charge in [-0.3, -0.25) is 4.79 Å². The molecule has 29 heavy (non-hydrogen) atoms. The molecule has 1 N–H and O–H groups in total. The minimum absolute atomic E-state index is 0.0391. The third-order valence-electron chi connectivity index (χ3n) is 4.91. The third-order valence-corrected chi connectivity index (χ3v) is 5.92. The van der Waals surface area contributed by atoms with Crippen LogP contribution in [-0.4, -0.2) is 27.3 Å². The number of amides is 1. The molecule has 1 unspecified atom stereocenters. The molecule has 2 aromatic carbocycles. The van der Waals surface area contributed by atoms with E-state index >= 15 is 0 Å². The van der Waals surface area contributed by atoms with Crippen LogP contribution in [0.3, 0.4) is 0 Å². The van der Waals surface area contributed by atoms with Crippen molar-refractivity contribution in [1.82, 2.24) is 14.8 Å². The van der Waals surface area contributed by atoms with E-state index in [1.54, 1.807) is 22.1 Å². The standard InChI is InChI=1S/C22H18N4O2S/c1-2-10-28-15-7-5-6-14(11-15)16-12-20(27)25-21-17(16)13-23-26(21)22-24-18-8-3-4-9-19(18)29-22/h2-9,11,13,16H,1,10,12H2,(H,25,27). The number of aromatic nitrogens is 3. The van der Waals surface area contributed by atoms with Crippen LogP contribution in [0, 0.1) is 0 Å². The zero-order valence-electron chi connectivity index (χ0n) is 15.5. The summed E-state index contributed by atoms with van der Waals surface area (Å²) >= 11 is 1.55. The first-order chi connectivity index (χ1) is 14.2. The van der Waals surface area contributed by atoms with Crippen LogP contribution in [0.4, 0.5) is 5.82 Å². The van der Waals surface area contributed by atoms with Gasteiger partial charge in [0.2, 0.25) is 11.0 Å². The molecule has 0 fully saturated rings. The fraction of sp³-hybridized carbons (Fsp3) is 0.136. The van der Waals surface area contributed by atoms with Gasteiger partial charge in [0.1, 0.15) is 18.2 Å². The Balaban J connectivity index is 1.56. The summed E-state index contributed by atoms with van der Waals surface area (Å²) < 4.78 is 8.47. The predicted molar refractivity (Wildman–Crippen MR) is 114 cm³/mol. The van der Waals surface area contributed by atoms with Crippen LogP contribution in [0.5, 0.6) is 5.75 Å². The van der Waals surface area contributed by atoms with E-state index in [9.17, 15) is 4.79 Å². The molecule has 1 aliphatic rings. The number of nitrogens with one attached hydrogen (secondary N) is 1. The van der Waals surface area contributed by atoms with E-state index in [0.29, 0.717) is 18.8 Å². The van der Waals surface area contributed by atoms with Gasteiger partial charge in [-0.25, -0.2) is 4.98 Å². The summed E-state index contributed by atoms with van der Waals surface area (Å²) in [7, 11) is 0.